The molecular formula is C10H21N3O2. The fourth-order valence-electron chi connectivity index (χ4n) is 1.57. The van der Waals surface area contributed by atoms with Crippen molar-refractivity contribution >= 4 is 5.97 Å². The molecule has 1 fully saturated rings. The molecule has 88 valence electrons. The maximum absolute atomic E-state index is 10.8. The number of hydrogen-bond acceptors (Lipinski definition) is 4. The van der Waals surface area contributed by atoms with Gasteiger partial charge in [-0.05, 0) is 20.4 Å². The van der Waals surface area contributed by atoms with Crippen molar-refractivity contribution in [2.75, 3.05) is 39.8 Å². The van der Waals surface area contributed by atoms with Crippen LogP contribution in [0.4, 0.5) is 0 Å². The minimum absolute atomic E-state index is 0.506. The lowest BCUT2D eigenvalue weighted by Gasteiger charge is -2.33. The Hall–Kier alpha value is -0.650. The van der Waals surface area contributed by atoms with Crippen molar-refractivity contribution in [1.82, 2.24) is 9.80 Å². The van der Waals surface area contributed by atoms with Gasteiger partial charge in [0.15, 0.2) is 0 Å². The minimum atomic E-state index is -1.09. The number of aliphatic carboxylic acids is 1. The van der Waals surface area contributed by atoms with E-state index in [4.69, 9.17) is 10.8 Å². The molecule has 0 saturated carbocycles. The molecule has 0 radical (unpaired) electrons. The first-order chi connectivity index (χ1) is 6.92. The summed E-state index contributed by atoms with van der Waals surface area (Å²) in [6, 6.07) is 0. The Morgan fingerprint density at radius 3 is 2.40 bits per heavy atom. The van der Waals surface area contributed by atoms with Crippen molar-refractivity contribution in [2.45, 2.75) is 18.9 Å². The highest BCUT2D eigenvalue weighted by molar-refractivity contribution is 5.77. The molecule has 0 aliphatic carbocycles. The van der Waals surface area contributed by atoms with Gasteiger partial charge < -0.3 is 20.6 Å². The van der Waals surface area contributed by atoms with E-state index in [-0.39, 0.29) is 0 Å². The van der Waals surface area contributed by atoms with Crippen LogP contribution in [0, 0.1) is 0 Å². The van der Waals surface area contributed by atoms with Crippen LogP contribution in [0.2, 0.25) is 0 Å². The van der Waals surface area contributed by atoms with Crippen molar-refractivity contribution in [3.8, 4) is 0 Å². The third-order valence-electron chi connectivity index (χ3n) is 3.03. The number of hydrogen-bond donors (Lipinski definition) is 2. The first-order valence-corrected chi connectivity index (χ1v) is 5.35. The lowest BCUT2D eigenvalue weighted by Crippen LogP contribution is -2.50. The second-order valence-electron chi connectivity index (χ2n) is 4.62. The summed E-state index contributed by atoms with van der Waals surface area (Å²) in [4.78, 5) is 15.3. The molecule has 1 unspecified atom stereocenters. The van der Waals surface area contributed by atoms with Gasteiger partial charge in [0.1, 0.15) is 5.54 Å². The van der Waals surface area contributed by atoms with Crippen LogP contribution in [0.25, 0.3) is 0 Å². The van der Waals surface area contributed by atoms with Crippen LogP contribution in [0.3, 0.4) is 0 Å². The van der Waals surface area contributed by atoms with Crippen LogP contribution < -0.4 is 5.73 Å². The Balaban J connectivity index is 2.28. The summed E-state index contributed by atoms with van der Waals surface area (Å²) in [6.07, 6.45) is 0.506. The first-order valence-electron chi connectivity index (χ1n) is 5.35. The Bertz CT molecular complexity index is 223. The summed E-state index contributed by atoms with van der Waals surface area (Å²) >= 11 is 0. The molecule has 1 atom stereocenters. The van der Waals surface area contributed by atoms with E-state index in [0.717, 1.165) is 32.7 Å². The topological polar surface area (TPSA) is 69.8 Å². The Labute approximate surface area is 90.8 Å². The number of piperazine rings is 1. The predicted molar refractivity (Wildman–Crippen MR) is 58.8 cm³/mol. The highest BCUT2D eigenvalue weighted by Gasteiger charge is 2.28. The van der Waals surface area contributed by atoms with Crippen LogP contribution >= 0.6 is 0 Å². The highest BCUT2D eigenvalue weighted by Crippen LogP contribution is 2.08. The van der Waals surface area contributed by atoms with Crippen molar-refractivity contribution in [1.29, 1.82) is 0 Å². The fourth-order valence-corrected chi connectivity index (χ4v) is 1.57. The molecule has 1 saturated heterocycles. The highest BCUT2D eigenvalue weighted by atomic mass is 16.4. The van der Waals surface area contributed by atoms with Crippen molar-refractivity contribution < 1.29 is 9.90 Å². The van der Waals surface area contributed by atoms with Crippen LogP contribution in [0.15, 0.2) is 0 Å². The lowest BCUT2D eigenvalue weighted by atomic mass is 9.99. The summed E-state index contributed by atoms with van der Waals surface area (Å²) in [7, 11) is 2.10. The maximum atomic E-state index is 10.8. The van der Waals surface area contributed by atoms with Gasteiger partial charge in [-0.25, -0.2) is 0 Å². The van der Waals surface area contributed by atoms with Crippen molar-refractivity contribution in [3.63, 3.8) is 0 Å². The maximum Gasteiger partial charge on any atom is 0.323 e. The molecule has 1 heterocycles. The molecule has 5 heteroatoms. The molecule has 1 rings (SSSR count). The van der Waals surface area contributed by atoms with Crippen LogP contribution in [0.1, 0.15) is 13.3 Å². The summed E-state index contributed by atoms with van der Waals surface area (Å²) < 4.78 is 0. The van der Waals surface area contributed by atoms with Crippen molar-refractivity contribution in [2.24, 2.45) is 5.73 Å². The van der Waals surface area contributed by atoms with E-state index < -0.39 is 11.5 Å². The quantitative estimate of drug-likeness (QED) is 0.657. The van der Waals surface area contributed by atoms with Crippen LogP contribution in [-0.2, 0) is 4.79 Å². The van der Waals surface area contributed by atoms with Gasteiger partial charge in [0, 0.05) is 32.7 Å². The third kappa shape index (κ3) is 3.77. The monoisotopic (exact) mass is 215 g/mol. The number of carboxylic acids is 1. The number of likely N-dealkylation sites (N-methyl/N-ethyl adjacent to an activating group) is 1. The van der Waals surface area contributed by atoms with E-state index in [9.17, 15) is 4.79 Å². The van der Waals surface area contributed by atoms with E-state index in [0.29, 0.717) is 6.42 Å². The zero-order valence-corrected chi connectivity index (χ0v) is 9.57. The van der Waals surface area contributed by atoms with Crippen LogP contribution in [-0.4, -0.2) is 66.2 Å². The van der Waals surface area contributed by atoms with Gasteiger partial charge in [-0.15, -0.1) is 0 Å². The minimum Gasteiger partial charge on any atom is -0.480 e. The van der Waals surface area contributed by atoms with Gasteiger partial charge in [-0.3, -0.25) is 4.79 Å². The molecule has 5 nitrogen and oxygen atoms in total. The fraction of sp³-hybridized carbons (Fsp3) is 0.900. The number of nitrogens with zero attached hydrogens (tertiary/aromatic N) is 2. The number of rotatable bonds is 4. The molecule has 0 amide bonds. The largest absolute Gasteiger partial charge is 0.480 e. The smallest absolute Gasteiger partial charge is 0.323 e. The Morgan fingerprint density at radius 1 is 1.40 bits per heavy atom. The molecule has 0 spiro atoms. The van der Waals surface area contributed by atoms with Crippen molar-refractivity contribution in [3.05, 3.63) is 0 Å². The summed E-state index contributed by atoms with van der Waals surface area (Å²) in [5.41, 5.74) is 4.57. The molecule has 0 bridgehead atoms. The Morgan fingerprint density at radius 2 is 1.93 bits per heavy atom. The Kier molecular flexibility index (Phi) is 4.07. The van der Waals surface area contributed by atoms with Gasteiger partial charge >= 0.3 is 5.97 Å². The number of nitrogens with two attached hydrogens (primary N) is 1. The summed E-state index contributed by atoms with van der Waals surface area (Å²) in [6.45, 7) is 6.46. The SMILES string of the molecule is CN1CCN(CCC(C)(N)C(=O)O)CC1. The first kappa shape index (κ1) is 12.4. The molecular weight excluding hydrogens is 194 g/mol. The van der Waals surface area contributed by atoms with Gasteiger partial charge in [-0.2, -0.15) is 0 Å². The summed E-state index contributed by atoms with van der Waals surface area (Å²) in [5.74, 6) is -0.920. The molecule has 3 N–H and O–H groups in total. The third-order valence-corrected chi connectivity index (χ3v) is 3.03. The summed E-state index contributed by atoms with van der Waals surface area (Å²) in [5, 5.41) is 8.86. The average molecular weight is 215 g/mol. The second-order valence-corrected chi connectivity index (χ2v) is 4.62. The lowest BCUT2D eigenvalue weighted by molar-refractivity contribution is -0.143. The van der Waals surface area contributed by atoms with Gasteiger partial charge in [0.05, 0.1) is 0 Å². The van der Waals surface area contributed by atoms with Gasteiger partial charge in [0.2, 0.25) is 0 Å². The van der Waals surface area contributed by atoms with E-state index in [1.165, 1.54) is 0 Å². The zero-order valence-electron chi connectivity index (χ0n) is 9.57. The zero-order chi connectivity index (χ0) is 11.5. The molecule has 1 aliphatic rings. The standard InChI is InChI=1S/C10H21N3O2/c1-10(11,9(14)15)3-4-13-7-5-12(2)6-8-13/h3-8,11H2,1-2H3,(H,14,15). The average Bonchev–Trinajstić information content (AvgIpc) is 2.17. The normalized spacial score (nSPS) is 23.7. The van der Waals surface area contributed by atoms with E-state index in [1.807, 2.05) is 0 Å². The van der Waals surface area contributed by atoms with Crippen LogP contribution in [0.5, 0.6) is 0 Å². The van der Waals surface area contributed by atoms with Gasteiger partial charge in [-0.1, -0.05) is 0 Å². The molecule has 0 aromatic carbocycles. The van der Waals surface area contributed by atoms with Gasteiger partial charge in [0.25, 0.3) is 0 Å². The van der Waals surface area contributed by atoms with E-state index in [2.05, 4.69) is 16.8 Å². The second kappa shape index (κ2) is 4.92. The number of carbonyl (C=O) groups is 1. The van der Waals surface area contributed by atoms with E-state index in [1.54, 1.807) is 6.92 Å². The number of carboxylic acid groups (broad SMARTS) is 1. The van der Waals surface area contributed by atoms with E-state index >= 15 is 0 Å². The predicted octanol–water partition coefficient (Wildman–Crippen LogP) is -0.574. The molecule has 0 aromatic heterocycles. The molecule has 0 aromatic rings. The molecule has 15 heavy (non-hydrogen) atoms. The molecule has 1 aliphatic heterocycles.